The molecule has 0 saturated carbocycles. The van der Waals surface area contributed by atoms with Crippen LogP contribution in [-0.4, -0.2) is 20.7 Å². The molecule has 0 bridgehead atoms. The van der Waals surface area contributed by atoms with Crippen molar-refractivity contribution in [1.29, 1.82) is 0 Å². The minimum atomic E-state index is -0.261. The molecule has 1 atom stereocenters. The number of thioether (sulfide) groups is 1. The number of para-hydroxylation sites is 2. The van der Waals surface area contributed by atoms with Gasteiger partial charge in [0.05, 0.1) is 16.3 Å². The molecule has 0 unspecified atom stereocenters. The van der Waals surface area contributed by atoms with Crippen LogP contribution in [-0.2, 0) is 6.42 Å². The Balaban J connectivity index is 1.65. The van der Waals surface area contributed by atoms with E-state index in [1.54, 1.807) is 16.7 Å². The Morgan fingerprint density at radius 1 is 1.14 bits per heavy atom. The number of nitrogens with zero attached hydrogens (tertiary/aromatic N) is 2. The Labute approximate surface area is 124 Å². The molecule has 104 valence electrons. The van der Waals surface area contributed by atoms with E-state index in [4.69, 9.17) is 0 Å². The topological polar surface area (TPSA) is 34.9 Å². The summed E-state index contributed by atoms with van der Waals surface area (Å²) in [7, 11) is 0. The van der Waals surface area contributed by atoms with Crippen LogP contribution in [0.15, 0.2) is 53.7 Å². The summed E-state index contributed by atoms with van der Waals surface area (Å²) in [5.74, 6) is -0.212. The van der Waals surface area contributed by atoms with E-state index in [0.29, 0.717) is 6.42 Å². The fraction of sp³-hybridized carbons (Fsp3) is 0.125. The van der Waals surface area contributed by atoms with Gasteiger partial charge in [-0.3, -0.25) is 9.36 Å². The molecular formula is C16H11FN2OS. The van der Waals surface area contributed by atoms with Crippen LogP contribution in [0.5, 0.6) is 0 Å². The monoisotopic (exact) mass is 298 g/mol. The second-order valence-electron chi connectivity index (χ2n) is 4.99. The van der Waals surface area contributed by atoms with E-state index in [9.17, 15) is 9.18 Å². The lowest BCUT2D eigenvalue weighted by molar-refractivity contribution is 0.0914. The summed E-state index contributed by atoms with van der Waals surface area (Å²) in [5, 5.41) is 0.552. The van der Waals surface area contributed by atoms with Crippen molar-refractivity contribution in [1.82, 2.24) is 9.55 Å². The number of hydrogen-bond donors (Lipinski definition) is 0. The van der Waals surface area contributed by atoms with E-state index in [-0.39, 0.29) is 17.0 Å². The molecule has 0 fully saturated rings. The maximum absolute atomic E-state index is 12.9. The smallest absolute Gasteiger partial charge is 0.247 e. The van der Waals surface area contributed by atoms with E-state index in [1.807, 2.05) is 24.3 Å². The Morgan fingerprint density at radius 3 is 2.71 bits per heavy atom. The van der Waals surface area contributed by atoms with Crippen LogP contribution >= 0.6 is 11.8 Å². The maximum Gasteiger partial charge on any atom is 0.247 e. The van der Waals surface area contributed by atoms with Gasteiger partial charge in [0.1, 0.15) is 5.82 Å². The predicted molar refractivity (Wildman–Crippen MR) is 80.1 cm³/mol. The zero-order valence-electron chi connectivity index (χ0n) is 11.0. The zero-order chi connectivity index (χ0) is 14.4. The molecule has 4 rings (SSSR count). The van der Waals surface area contributed by atoms with E-state index < -0.39 is 0 Å². The number of benzene rings is 2. The third-order valence-corrected chi connectivity index (χ3v) is 4.75. The number of halogens is 1. The Kier molecular flexibility index (Phi) is 2.82. The van der Waals surface area contributed by atoms with Crippen molar-refractivity contribution in [3.8, 4) is 0 Å². The first kappa shape index (κ1) is 12.6. The average Bonchev–Trinajstić information content (AvgIpc) is 2.99. The standard InChI is InChI=1S/C16H11FN2OS/c17-11-7-5-10(6-8-11)9-14-15(20)19-13-4-2-1-3-12(13)18-16(19)21-14/h1-8,14H,9H2/t14-/m0/s1. The Morgan fingerprint density at radius 2 is 1.90 bits per heavy atom. The maximum atomic E-state index is 12.9. The number of carbonyl (C=O) groups is 1. The van der Waals surface area contributed by atoms with Crippen LogP contribution in [0.3, 0.4) is 0 Å². The van der Waals surface area contributed by atoms with Gasteiger partial charge in [-0.05, 0) is 36.2 Å². The number of imidazole rings is 1. The second kappa shape index (κ2) is 4.70. The lowest BCUT2D eigenvalue weighted by Crippen LogP contribution is -2.19. The normalized spacial score (nSPS) is 17.4. The largest absolute Gasteiger partial charge is 0.273 e. The van der Waals surface area contributed by atoms with Crippen molar-refractivity contribution in [2.45, 2.75) is 16.8 Å². The molecule has 2 heterocycles. The molecule has 0 N–H and O–H groups in total. The molecule has 3 nitrogen and oxygen atoms in total. The van der Waals surface area contributed by atoms with Crippen LogP contribution in [0.2, 0.25) is 0 Å². The third-order valence-electron chi connectivity index (χ3n) is 3.61. The first-order chi connectivity index (χ1) is 10.2. The molecule has 2 aromatic carbocycles. The number of rotatable bonds is 2. The fourth-order valence-corrected chi connectivity index (χ4v) is 3.76. The van der Waals surface area contributed by atoms with E-state index >= 15 is 0 Å². The lowest BCUT2D eigenvalue weighted by Gasteiger charge is -2.07. The van der Waals surface area contributed by atoms with Gasteiger partial charge in [-0.25, -0.2) is 9.37 Å². The van der Waals surface area contributed by atoms with Crippen molar-refractivity contribution in [3.05, 3.63) is 59.9 Å². The van der Waals surface area contributed by atoms with Crippen molar-refractivity contribution in [3.63, 3.8) is 0 Å². The molecular weight excluding hydrogens is 287 g/mol. The van der Waals surface area contributed by atoms with E-state index in [1.165, 1.54) is 23.9 Å². The summed E-state index contributed by atoms with van der Waals surface area (Å²) in [6, 6.07) is 13.9. The number of carbonyl (C=O) groups excluding carboxylic acids is 1. The van der Waals surface area contributed by atoms with Crippen molar-refractivity contribution < 1.29 is 9.18 Å². The van der Waals surface area contributed by atoms with Crippen molar-refractivity contribution in [2.75, 3.05) is 0 Å². The molecule has 0 aliphatic carbocycles. The number of hydrogen-bond acceptors (Lipinski definition) is 3. The first-order valence-corrected chi connectivity index (χ1v) is 7.53. The first-order valence-electron chi connectivity index (χ1n) is 6.65. The van der Waals surface area contributed by atoms with Crippen LogP contribution in [0.25, 0.3) is 11.0 Å². The van der Waals surface area contributed by atoms with Gasteiger partial charge < -0.3 is 0 Å². The molecule has 0 spiro atoms. The van der Waals surface area contributed by atoms with Crippen molar-refractivity contribution >= 4 is 28.7 Å². The van der Waals surface area contributed by atoms with Gasteiger partial charge in [-0.2, -0.15) is 0 Å². The van der Waals surface area contributed by atoms with Crippen LogP contribution in [0.1, 0.15) is 10.4 Å². The Bertz CT molecular complexity index is 841. The van der Waals surface area contributed by atoms with Gasteiger partial charge in [0.2, 0.25) is 5.91 Å². The predicted octanol–water partition coefficient (Wildman–Crippen LogP) is 3.53. The molecule has 1 aliphatic rings. The SMILES string of the molecule is O=C1[C@H](Cc2ccc(F)cc2)Sc2nc3ccccc3n21. The summed E-state index contributed by atoms with van der Waals surface area (Å²) in [4.78, 5) is 17.1. The van der Waals surface area contributed by atoms with Gasteiger partial charge in [-0.15, -0.1) is 0 Å². The van der Waals surface area contributed by atoms with Crippen molar-refractivity contribution in [2.24, 2.45) is 0 Å². The van der Waals surface area contributed by atoms with Crippen LogP contribution in [0, 0.1) is 5.82 Å². The highest BCUT2D eigenvalue weighted by atomic mass is 32.2. The number of fused-ring (bicyclic) bond motifs is 3. The molecule has 21 heavy (non-hydrogen) atoms. The highest BCUT2D eigenvalue weighted by Gasteiger charge is 2.34. The number of aromatic nitrogens is 2. The molecule has 0 radical (unpaired) electrons. The van der Waals surface area contributed by atoms with Gasteiger partial charge in [-0.1, -0.05) is 36.0 Å². The second-order valence-corrected chi connectivity index (χ2v) is 6.16. The summed E-state index contributed by atoms with van der Waals surface area (Å²) >= 11 is 1.48. The van der Waals surface area contributed by atoms with Gasteiger partial charge >= 0.3 is 0 Å². The zero-order valence-corrected chi connectivity index (χ0v) is 11.8. The minimum absolute atomic E-state index is 0.0491. The minimum Gasteiger partial charge on any atom is -0.273 e. The lowest BCUT2D eigenvalue weighted by atomic mass is 10.1. The van der Waals surface area contributed by atoms with Gasteiger partial charge in [0.25, 0.3) is 0 Å². The average molecular weight is 298 g/mol. The summed E-state index contributed by atoms with van der Waals surface area (Å²) in [5.41, 5.74) is 2.65. The highest BCUT2D eigenvalue weighted by Crippen LogP contribution is 2.36. The highest BCUT2D eigenvalue weighted by molar-refractivity contribution is 8.00. The molecule has 3 aromatic rings. The molecule has 0 amide bonds. The molecule has 0 saturated heterocycles. The molecule has 1 aliphatic heterocycles. The summed E-state index contributed by atoms with van der Waals surface area (Å²) in [6.45, 7) is 0. The van der Waals surface area contributed by atoms with E-state index in [2.05, 4.69) is 4.98 Å². The fourth-order valence-electron chi connectivity index (χ4n) is 2.58. The van der Waals surface area contributed by atoms with Gasteiger partial charge in [0.15, 0.2) is 5.16 Å². The summed E-state index contributed by atoms with van der Waals surface area (Å²) < 4.78 is 14.6. The van der Waals surface area contributed by atoms with Crippen LogP contribution < -0.4 is 0 Å². The quantitative estimate of drug-likeness (QED) is 0.726. The van der Waals surface area contributed by atoms with E-state index in [0.717, 1.165) is 21.8 Å². The Hall–Kier alpha value is -2.14. The van der Waals surface area contributed by atoms with Gasteiger partial charge in [0, 0.05) is 0 Å². The molecule has 5 heteroatoms. The van der Waals surface area contributed by atoms with Crippen LogP contribution in [0.4, 0.5) is 4.39 Å². The molecule has 1 aromatic heterocycles. The third kappa shape index (κ3) is 2.05. The summed E-state index contributed by atoms with van der Waals surface area (Å²) in [6.07, 6.45) is 0.585.